The van der Waals surface area contributed by atoms with E-state index in [2.05, 4.69) is 19.2 Å². The van der Waals surface area contributed by atoms with Crippen LogP contribution in [-0.2, 0) is 14.3 Å². The van der Waals surface area contributed by atoms with Gasteiger partial charge in [0.25, 0.3) is 0 Å². The van der Waals surface area contributed by atoms with Crippen molar-refractivity contribution >= 4 is 11.8 Å². The lowest BCUT2D eigenvalue weighted by atomic mass is 9.91. The highest BCUT2D eigenvalue weighted by Crippen LogP contribution is 2.32. The molecule has 2 aliphatic rings. The predicted octanol–water partition coefficient (Wildman–Crippen LogP) is 1.71. The van der Waals surface area contributed by atoms with Gasteiger partial charge in [0, 0.05) is 6.54 Å². The molecule has 0 aliphatic carbocycles. The summed E-state index contributed by atoms with van der Waals surface area (Å²) in [6.07, 6.45) is 1.94. The normalized spacial score (nSPS) is 31.7. The third-order valence-electron chi connectivity index (χ3n) is 4.42. The van der Waals surface area contributed by atoms with Crippen LogP contribution in [0.2, 0.25) is 0 Å². The molecule has 120 valence electrons. The highest BCUT2D eigenvalue weighted by Gasteiger charge is 2.47. The van der Waals surface area contributed by atoms with Gasteiger partial charge >= 0.3 is 0 Å². The zero-order valence-electron chi connectivity index (χ0n) is 14.0. The molecule has 0 radical (unpaired) electrons. The molecular weight excluding hydrogens is 268 g/mol. The summed E-state index contributed by atoms with van der Waals surface area (Å²) < 4.78 is 6.01. The number of hydrogen-bond acceptors (Lipinski definition) is 3. The van der Waals surface area contributed by atoms with E-state index in [0.29, 0.717) is 6.54 Å². The van der Waals surface area contributed by atoms with E-state index >= 15 is 0 Å². The number of hydrogen-bond donors (Lipinski definition) is 1. The van der Waals surface area contributed by atoms with E-state index in [1.807, 2.05) is 13.8 Å². The minimum absolute atomic E-state index is 0.0193. The third-order valence-corrected chi connectivity index (χ3v) is 4.42. The molecule has 0 aromatic rings. The maximum atomic E-state index is 12.7. The van der Waals surface area contributed by atoms with Gasteiger partial charge in [0.15, 0.2) is 0 Å². The molecule has 1 N–H and O–H groups in total. The standard InChI is InChI=1S/C16H28N2O3/c1-10(2)12-13(19)17-16(5,6)14(20)18(12)9-11-7-8-15(3,4)21-11/h10-12H,7-9H2,1-6H3,(H,17,19). The van der Waals surface area contributed by atoms with Crippen LogP contribution in [-0.4, -0.2) is 46.5 Å². The minimum Gasteiger partial charge on any atom is -0.371 e. The first-order chi connectivity index (χ1) is 9.53. The lowest BCUT2D eigenvalue weighted by molar-refractivity contribution is -0.158. The van der Waals surface area contributed by atoms with Crippen LogP contribution in [0.4, 0.5) is 0 Å². The van der Waals surface area contributed by atoms with E-state index in [0.717, 1.165) is 12.8 Å². The molecular formula is C16H28N2O3. The Hall–Kier alpha value is -1.10. The van der Waals surface area contributed by atoms with Crippen molar-refractivity contribution < 1.29 is 14.3 Å². The van der Waals surface area contributed by atoms with Crippen molar-refractivity contribution in [3.05, 3.63) is 0 Å². The van der Waals surface area contributed by atoms with E-state index in [-0.39, 0.29) is 29.4 Å². The first-order valence-corrected chi connectivity index (χ1v) is 7.84. The maximum absolute atomic E-state index is 12.7. The molecule has 0 aromatic heterocycles. The molecule has 2 heterocycles. The molecule has 2 rings (SSSR count). The van der Waals surface area contributed by atoms with Crippen LogP contribution in [0.3, 0.4) is 0 Å². The molecule has 5 nitrogen and oxygen atoms in total. The van der Waals surface area contributed by atoms with Crippen LogP contribution in [0.1, 0.15) is 54.4 Å². The first-order valence-electron chi connectivity index (χ1n) is 7.84. The number of amides is 2. The minimum atomic E-state index is -0.837. The summed E-state index contributed by atoms with van der Waals surface area (Å²) in [6.45, 7) is 12.1. The molecule has 21 heavy (non-hydrogen) atoms. The number of carbonyl (C=O) groups excluding carboxylic acids is 2. The fourth-order valence-corrected chi connectivity index (χ4v) is 3.35. The van der Waals surface area contributed by atoms with Gasteiger partial charge in [0.1, 0.15) is 11.6 Å². The number of nitrogens with zero attached hydrogens (tertiary/aromatic N) is 1. The van der Waals surface area contributed by atoms with Crippen LogP contribution < -0.4 is 5.32 Å². The Kier molecular flexibility index (Phi) is 4.08. The second-order valence-corrected chi connectivity index (χ2v) is 7.80. The molecule has 5 heteroatoms. The summed E-state index contributed by atoms with van der Waals surface area (Å²) in [6, 6.07) is -0.405. The van der Waals surface area contributed by atoms with Gasteiger partial charge in [0.2, 0.25) is 11.8 Å². The van der Waals surface area contributed by atoms with Gasteiger partial charge in [-0.05, 0) is 46.5 Å². The SMILES string of the molecule is CC(C)C1C(=O)NC(C)(C)C(=O)N1CC1CCC(C)(C)O1. The largest absolute Gasteiger partial charge is 0.371 e. The van der Waals surface area contributed by atoms with Crippen molar-refractivity contribution in [3.63, 3.8) is 0 Å². The van der Waals surface area contributed by atoms with Gasteiger partial charge in [-0.15, -0.1) is 0 Å². The van der Waals surface area contributed by atoms with E-state index in [4.69, 9.17) is 4.74 Å². The van der Waals surface area contributed by atoms with E-state index in [9.17, 15) is 9.59 Å². The fourth-order valence-electron chi connectivity index (χ4n) is 3.35. The zero-order valence-corrected chi connectivity index (χ0v) is 14.0. The van der Waals surface area contributed by atoms with Crippen LogP contribution in [0.15, 0.2) is 0 Å². The molecule has 2 atom stereocenters. The molecule has 2 fully saturated rings. The molecule has 2 aliphatic heterocycles. The number of piperazine rings is 1. The van der Waals surface area contributed by atoms with Gasteiger partial charge < -0.3 is 15.0 Å². The highest BCUT2D eigenvalue weighted by atomic mass is 16.5. The van der Waals surface area contributed by atoms with Crippen molar-refractivity contribution in [3.8, 4) is 0 Å². The molecule has 0 saturated carbocycles. The van der Waals surface area contributed by atoms with Crippen molar-refractivity contribution in [2.75, 3.05) is 6.54 Å². The second kappa shape index (κ2) is 5.27. The molecule has 0 spiro atoms. The molecule has 2 amide bonds. The van der Waals surface area contributed by atoms with Crippen molar-refractivity contribution in [1.29, 1.82) is 0 Å². The second-order valence-electron chi connectivity index (χ2n) is 7.80. The lowest BCUT2D eigenvalue weighted by Crippen LogP contribution is -2.70. The Morgan fingerprint density at radius 3 is 2.38 bits per heavy atom. The van der Waals surface area contributed by atoms with Crippen molar-refractivity contribution in [2.24, 2.45) is 5.92 Å². The van der Waals surface area contributed by atoms with Crippen LogP contribution in [0, 0.1) is 5.92 Å². The van der Waals surface area contributed by atoms with Gasteiger partial charge in [-0.1, -0.05) is 13.8 Å². The number of ether oxygens (including phenoxy) is 1. The van der Waals surface area contributed by atoms with Gasteiger partial charge in [-0.25, -0.2) is 0 Å². The number of nitrogens with one attached hydrogen (secondary N) is 1. The average Bonchev–Trinajstić information content (AvgIpc) is 2.64. The Bertz CT molecular complexity index is 443. The Balaban J connectivity index is 2.19. The summed E-state index contributed by atoms with van der Waals surface area (Å²) in [7, 11) is 0. The van der Waals surface area contributed by atoms with E-state index in [1.165, 1.54) is 0 Å². The lowest BCUT2D eigenvalue weighted by Gasteiger charge is -2.45. The Labute approximate surface area is 127 Å². The van der Waals surface area contributed by atoms with E-state index in [1.54, 1.807) is 18.7 Å². The zero-order chi connectivity index (χ0) is 16.0. The summed E-state index contributed by atoms with van der Waals surface area (Å²) in [5.74, 6) is 0.000395. The molecule has 0 bridgehead atoms. The topological polar surface area (TPSA) is 58.6 Å². The van der Waals surface area contributed by atoms with Crippen LogP contribution in [0.25, 0.3) is 0 Å². The average molecular weight is 296 g/mol. The number of rotatable bonds is 3. The van der Waals surface area contributed by atoms with E-state index < -0.39 is 11.6 Å². The number of carbonyl (C=O) groups is 2. The fraction of sp³-hybridized carbons (Fsp3) is 0.875. The quantitative estimate of drug-likeness (QED) is 0.862. The maximum Gasteiger partial charge on any atom is 0.248 e. The molecule has 2 saturated heterocycles. The van der Waals surface area contributed by atoms with Gasteiger partial charge in [-0.2, -0.15) is 0 Å². The Morgan fingerprint density at radius 1 is 1.29 bits per heavy atom. The Morgan fingerprint density at radius 2 is 1.90 bits per heavy atom. The molecule has 2 unspecified atom stereocenters. The highest BCUT2D eigenvalue weighted by molar-refractivity contribution is 5.99. The summed E-state index contributed by atoms with van der Waals surface area (Å²) >= 11 is 0. The summed E-state index contributed by atoms with van der Waals surface area (Å²) in [4.78, 5) is 26.8. The summed E-state index contributed by atoms with van der Waals surface area (Å²) in [5.41, 5.74) is -0.967. The monoisotopic (exact) mass is 296 g/mol. The van der Waals surface area contributed by atoms with Gasteiger partial charge in [0.05, 0.1) is 11.7 Å². The third kappa shape index (κ3) is 3.23. The van der Waals surface area contributed by atoms with Crippen LogP contribution in [0.5, 0.6) is 0 Å². The van der Waals surface area contributed by atoms with Crippen molar-refractivity contribution in [1.82, 2.24) is 10.2 Å². The predicted molar refractivity (Wildman–Crippen MR) is 80.7 cm³/mol. The van der Waals surface area contributed by atoms with Gasteiger partial charge in [-0.3, -0.25) is 9.59 Å². The van der Waals surface area contributed by atoms with Crippen LogP contribution >= 0.6 is 0 Å². The molecule has 0 aromatic carbocycles. The first kappa shape index (κ1) is 16.3. The summed E-state index contributed by atoms with van der Waals surface area (Å²) in [5, 5.41) is 2.84. The smallest absolute Gasteiger partial charge is 0.248 e. The van der Waals surface area contributed by atoms with Crippen molar-refractivity contribution in [2.45, 2.75) is 77.7 Å².